The molecule has 12 rings (SSSR count). The number of fused-ring (bicyclic) bond motifs is 4. The minimum atomic E-state index is -0.826. The number of rotatable bonds is 6. The monoisotopic (exact) mass is 992 g/mol. The third-order valence-corrected chi connectivity index (χ3v) is 12.8. The summed E-state index contributed by atoms with van der Waals surface area (Å²) in [5.41, 5.74) is 18.9. The third-order valence-electron chi connectivity index (χ3n) is 12.8. The molecule has 2 aliphatic carbocycles. The Morgan fingerprint density at radius 2 is 0.803 bits per heavy atom. The summed E-state index contributed by atoms with van der Waals surface area (Å²) in [5, 5.41) is 5.32. The van der Waals surface area contributed by atoms with Gasteiger partial charge in [0.2, 0.25) is 0 Å². The minimum absolute atomic E-state index is 0.826. The van der Waals surface area contributed by atoms with Crippen LogP contribution < -0.4 is 0 Å². The number of hydrogen-bond acceptors (Lipinski definition) is 2. The van der Waals surface area contributed by atoms with Crippen molar-refractivity contribution >= 4 is 48.1 Å². The molecule has 10 aromatic rings. The summed E-state index contributed by atoms with van der Waals surface area (Å²) >= 11 is -0.826. The van der Waals surface area contributed by atoms with Gasteiger partial charge in [-0.15, -0.1) is 57.9 Å². The van der Waals surface area contributed by atoms with E-state index in [9.17, 15) is 0 Å². The van der Waals surface area contributed by atoms with Crippen LogP contribution in [0.1, 0.15) is 46.6 Å². The van der Waals surface area contributed by atoms with Gasteiger partial charge in [-0.3, -0.25) is 0 Å². The van der Waals surface area contributed by atoms with Crippen molar-refractivity contribution in [3.8, 4) is 67.2 Å². The van der Waals surface area contributed by atoms with Gasteiger partial charge < -0.3 is 8.83 Å². The van der Waals surface area contributed by atoms with E-state index in [1.165, 1.54) is 138 Å². The Balaban J connectivity index is 0.000000149. The van der Waals surface area contributed by atoms with E-state index in [-0.39, 0.29) is 0 Å². The van der Waals surface area contributed by atoms with Gasteiger partial charge in [-0.2, -0.15) is 0 Å². The molecule has 0 spiro atoms. The molecule has 0 amide bonds. The van der Waals surface area contributed by atoms with Crippen molar-refractivity contribution in [2.24, 2.45) is 0 Å². The molecule has 8 aromatic carbocycles. The standard InChI is InChI=1S/2C29H23O.C2H6Si.2ClH.Zr/c2*1-19-10-15-28(30-19)25-17-24-16-23-8-5-9-26(23)29(27(24)18-25)22-13-11-21(12-14-22)20-6-3-2-4-7-20;1-3-2;;;/h2*2-4,6-7,10-18H,5,8-9H2,1H3;1-2H3;2*1H;/q2*-1;;;;+4/p-2. The van der Waals surface area contributed by atoms with Crippen molar-refractivity contribution in [1.82, 2.24) is 0 Å². The summed E-state index contributed by atoms with van der Waals surface area (Å²) < 4.78 is 11.8. The molecule has 0 atom stereocenters. The van der Waals surface area contributed by atoms with Gasteiger partial charge in [-0.1, -0.05) is 156 Å². The van der Waals surface area contributed by atoms with Crippen LogP contribution in [0.5, 0.6) is 0 Å². The second kappa shape index (κ2) is 21.2. The fourth-order valence-corrected chi connectivity index (χ4v) is 9.89. The molecular formula is C60H52Cl2O2SiZr. The van der Waals surface area contributed by atoms with Crippen molar-refractivity contribution in [3.05, 3.63) is 204 Å². The Bertz CT molecular complexity index is 2970. The van der Waals surface area contributed by atoms with Gasteiger partial charge in [0.25, 0.3) is 0 Å². The number of halogens is 2. The summed E-state index contributed by atoms with van der Waals surface area (Å²) in [5.74, 6) is 3.81. The average Bonchev–Trinajstić information content (AvgIpc) is 4.22. The van der Waals surface area contributed by atoms with E-state index in [1.807, 2.05) is 26.0 Å². The molecule has 2 heterocycles. The maximum absolute atomic E-state index is 5.91. The normalized spacial score (nSPS) is 12.3. The van der Waals surface area contributed by atoms with Crippen molar-refractivity contribution in [1.29, 1.82) is 0 Å². The first-order chi connectivity index (χ1) is 32.3. The molecule has 0 bridgehead atoms. The molecule has 0 saturated heterocycles. The Kier molecular flexibility index (Phi) is 14.7. The van der Waals surface area contributed by atoms with Gasteiger partial charge in [-0.05, 0) is 121 Å². The number of hydrogen-bond donors (Lipinski definition) is 0. The zero-order valence-electron chi connectivity index (χ0n) is 38.0. The molecule has 2 aromatic heterocycles. The molecule has 0 unspecified atom stereocenters. The van der Waals surface area contributed by atoms with Gasteiger partial charge in [-0.25, -0.2) is 0 Å². The Morgan fingerprint density at radius 1 is 0.455 bits per heavy atom. The van der Waals surface area contributed by atoms with Crippen LogP contribution in [0.2, 0.25) is 13.1 Å². The van der Waals surface area contributed by atoms with E-state index in [4.69, 9.17) is 25.9 Å². The van der Waals surface area contributed by atoms with Crippen LogP contribution in [0, 0.1) is 13.8 Å². The van der Waals surface area contributed by atoms with E-state index < -0.39 is 20.8 Å². The van der Waals surface area contributed by atoms with Gasteiger partial charge in [0.05, 0.1) is 23.0 Å². The van der Waals surface area contributed by atoms with E-state index in [0.29, 0.717) is 0 Å². The van der Waals surface area contributed by atoms with Crippen LogP contribution >= 0.6 is 17.0 Å². The first-order valence-electron chi connectivity index (χ1n) is 22.9. The Labute approximate surface area is 410 Å². The van der Waals surface area contributed by atoms with Gasteiger partial charge in [0.1, 0.15) is 0 Å². The zero-order chi connectivity index (χ0) is 45.6. The summed E-state index contributed by atoms with van der Waals surface area (Å²) in [6.45, 7) is 8.31. The molecule has 6 heteroatoms. The van der Waals surface area contributed by atoms with Crippen molar-refractivity contribution in [2.75, 3.05) is 0 Å². The quantitative estimate of drug-likeness (QED) is 0.123. The van der Waals surface area contributed by atoms with Crippen LogP contribution in [0.15, 0.2) is 179 Å². The number of aryl methyl sites for hydroxylation is 4. The molecule has 0 saturated carbocycles. The van der Waals surface area contributed by atoms with Gasteiger partial charge >= 0.3 is 37.9 Å². The van der Waals surface area contributed by atoms with Gasteiger partial charge in [0, 0.05) is 9.52 Å². The van der Waals surface area contributed by atoms with Crippen molar-refractivity contribution < 1.29 is 29.7 Å². The van der Waals surface area contributed by atoms with Crippen LogP contribution in [-0.2, 0) is 46.5 Å². The second-order valence-electron chi connectivity index (χ2n) is 17.3. The second-order valence-corrected chi connectivity index (χ2v) is 22.0. The SMILES string of the molecule is C[Si]C.Cc1ccc(-c2cc3c(-c4ccc(-c5ccccc5)cc4)c4c(cc3[cH-]2)CCC4)o1.Cc1ccc(-c2cc3c(-c4ccc(-c5ccccc5)cc4)c4c(cc3[cH-]2)CCC4)o1.[Cl][Zr+2][Cl]. The molecular weight excluding hydrogens is 943 g/mol. The fraction of sp³-hybridized carbons (Fsp3) is 0.167. The molecule has 0 aliphatic heterocycles. The predicted octanol–water partition coefficient (Wildman–Crippen LogP) is 18.1. The van der Waals surface area contributed by atoms with Gasteiger partial charge in [0.15, 0.2) is 0 Å². The van der Waals surface area contributed by atoms with E-state index in [1.54, 1.807) is 0 Å². The fourth-order valence-electron chi connectivity index (χ4n) is 9.89. The first-order valence-corrected chi connectivity index (χ1v) is 31.2. The van der Waals surface area contributed by atoms with Crippen LogP contribution in [-0.4, -0.2) is 9.52 Å². The molecule has 0 fully saturated rings. The maximum atomic E-state index is 5.91. The topological polar surface area (TPSA) is 26.3 Å². The summed E-state index contributed by atoms with van der Waals surface area (Å²) in [7, 11) is 11.0. The van der Waals surface area contributed by atoms with E-state index in [2.05, 4.69) is 171 Å². The zero-order valence-corrected chi connectivity index (χ0v) is 43.0. The van der Waals surface area contributed by atoms with Crippen LogP contribution in [0.25, 0.3) is 88.7 Å². The van der Waals surface area contributed by atoms with Crippen LogP contribution in [0.3, 0.4) is 0 Å². The average molecular weight is 995 g/mol. The summed E-state index contributed by atoms with van der Waals surface area (Å²) in [6.07, 6.45) is 7.20. The first kappa shape index (κ1) is 45.9. The van der Waals surface area contributed by atoms with E-state index in [0.717, 1.165) is 32.6 Å². The third kappa shape index (κ3) is 9.90. The summed E-state index contributed by atoms with van der Waals surface area (Å²) in [4.78, 5) is 0. The molecule has 2 nitrogen and oxygen atoms in total. The molecule has 2 aliphatic rings. The number of furan rings is 2. The molecule has 2 radical (unpaired) electrons. The predicted molar refractivity (Wildman–Crippen MR) is 279 cm³/mol. The molecule has 0 N–H and O–H groups in total. The van der Waals surface area contributed by atoms with Crippen LogP contribution in [0.4, 0.5) is 0 Å². The Morgan fingerprint density at radius 3 is 1.15 bits per heavy atom. The molecule has 66 heavy (non-hydrogen) atoms. The van der Waals surface area contributed by atoms with Crippen molar-refractivity contribution in [2.45, 2.75) is 65.5 Å². The van der Waals surface area contributed by atoms with Crippen molar-refractivity contribution in [3.63, 3.8) is 0 Å². The summed E-state index contributed by atoms with van der Waals surface area (Å²) in [6, 6.07) is 61.6. The Hall–Kier alpha value is -5.22. The molecule has 326 valence electrons. The van der Waals surface area contributed by atoms with E-state index >= 15 is 0 Å². The number of benzene rings is 6.